The van der Waals surface area contributed by atoms with Crippen LogP contribution in [0.3, 0.4) is 0 Å². The van der Waals surface area contributed by atoms with E-state index >= 15 is 0 Å². The van der Waals surface area contributed by atoms with Gasteiger partial charge in [-0.05, 0) is 37.5 Å². The molecule has 1 aliphatic rings. The zero-order valence-electron chi connectivity index (χ0n) is 11.0. The Morgan fingerprint density at radius 3 is 2.53 bits per heavy atom. The van der Waals surface area contributed by atoms with Crippen LogP contribution in [0.1, 0.15) is 46.0 Å². The van der Waals surface area contributed by atoms with E-state index in [4.69, 9.17) is 5.73 Å². The summed E-state index contributed by atoms with van der Waals surface area (Å²) >= 11 is 0. The van der Waals surface area contributed by atoms with E-state index in [2.05, 4.69) is 5.32 Å². The predicted molar refractivity (Wildman–Crippen MR) is 68.4 cm³/mol. The molecule has 4 nitrogen and oxygen atoms in total. The van der Waals surface area contributed by atoms with Crippen LogP contribution < -0.4 is 11.1 Å². The van der Waals surface area contributed by atoms with Gasteiger partial charge in [-0.2, -0.15) is 0 Å². The number of aliphatic hydroxyl groups excluding tert-OH is 1. The first-order chi connectivity index (χ1) is 8.04. The van der Waals surface area contributed by atoms with E-state index in [0.29, 0.717) is 12.5 Å². The minimum absolute atomic E-state index is 0.0366. The average Bonchev–Trinajstić information content (AvgIpc) is 2.35. The van der Waals surface area contributed by atoms with Crippen molar-refractivity contribution in [3.63, 3.8) is 0 Å². The third-order valence-electron chi connectivity index (χ3n) is 3.94. The van der Waals surface area contributed by atoms with Gasteiger partial charge >= 0.3 is 0 Å². The van der Waals surface area contributed by atoms with E-state index in [1.807, 2.05) is 13.8 Å². The van der Waals surface area contributed by atoms with Crippen molar-refractivity contribution in [2.75, 3.05) is 6.54 Å². The van der Waals surface area contributed by atoms with Gasteiger partial charge in [-0.15, -0.1) is 0 Å². The number of carbonyl (C=O) groups is 1. The summed E-state index contributed by atoms with van der Waals surface area (Å²) in [6.07, 6.45) is 4.50. The number of hydrogen-bond acceptors (Lipinski definition) is 3. The molecule has 1 fully saturated rings. The molecule has 1 unspecified atom stereocenters. The third-order valence-corrected chi connectivity index (χ3v) is 3.94. The first-order valence-corrected chi connectivity index (χ1v) is 6.76. The SMILES string of the molecule is CCC(C)[C@H](N)C(=O)NCC1CCC(O)CC1. The van der Waals surface area contributed by atoms with Crippen LogP contribution in [0.15, 0.2) is 0 Å². The first kappa shape index (κ1) is 14.5. The Morgan fingerprint density at radius 2 is 2.00 bits per heavy atom. The highest BCUT2D eigenvalue weighted by Gasteiger charge is 2.22. The van der Waals surface area contributed by atoms with Crippen LogP contribution in [0.25, 0.3) is 0 Å². The fourth-order valence-electron chi connectivity index (χ4n) is 2.22. The number of nitrogens with two attached hydrogens (primary N) is 1. The van der Waals surface area contributed by atoms with E-state index in [9.17, 15) is 9.90 Å². The van der Waals surface area contributed by atoms with Gasteiger partial charge in [-0.1, -0.05) is 20.3 Å². The predicted octanol–water partition coefficient (Wildman–Crippen LogP) is 1.03. The van der Waals surface area contributed by atoms with E-state index in [1.54, 1.807) is 0 Å². The van der Waals surface area contributed by atoms with Crippen molar-refractivity contribution >= 4 is 5.91 Å². The maximum Gasteiger partial charge on any atom is 0.237 e. The van der Waals surface area contributed by atoms with Gasteiger partial charge in [-0.3, -0.25) is 4.79 Å². The molecule has 0 heterocycles. The van der Waals surface area contributed by atoms with E-state index in [0.717, 1.165) is 32.1 Å². The lowest BCUT2D eigenvalue weighted by Gasteiger charge is -2.26. The van der Waals surface area contributed by atoms with Gasteiger partial charge in [0.05, 0.1) is 12.1 Å². The fraction of sp³-hybridized carbons (Fsp3) is 0.923. The third kappa shape index (κ3) is 4.64. The van der Waals surface area contributed by atoms with Crippen LogP contribution in [0.4, 0.5) is 0 Å². The monoisotopic (exact) mass is 242 g/mol. The molecule has 2 atom stereocenters. The summed E-state index contributed by atoms with van der Waals surface area (Å²) in [7, 11) is 0. The Balaban J connectivity index is 2.23. The molecule has 0 spiro atoms. The molecule has 4 N–H and O–H groups in total. The molecule has 0 aliphatic heterocycles. The highest BCUT2D eigenvalue weighted by atomic mass is 16.3. The second kappa shape index (κ2) is 6.97. The van der Waals surface area contributed by atoms with Gasteiger partial charge in [0.15, 0.2) is 0 Å². The summed E-state index contributed by atoms with van der Waals surface area (Å²) in [6.45, 7) is 4.75. The molecule has 1 amide bonds. The minimum Gasteiger partial charge on any atom is -0.393 e. The number of amides is 1. The van der Waals surface area contributed by atoms with Crippen LogP contribution in [-0.4, -0.2) is 29.7 Å². The Labute approximate surface area is 104 Å². The standard InChI is InChI=1S/C13H26N2O2/c1-3-9(2)12(14)13(17)15-8-10-4-6-11(16)7-5-10/h9-12,16H,3-8,14H2,1-2H3,(H,15,17)/t9?,10?,11?,12-/m0/s1. The number of hydrogen-bond donors (Lipinski definition) is 3. The molecule has 4 heteroatoms. The van der Waals surface area contributed by atoms with Gasteiger partial charge in [0.2, 0.25) is 5.91 Å². The second-order valence-corrected chi connectivity index (χ2v) is 5.33. The number of aliphatic hydroxyl groups is 1. The molecule has 0 bridgehead atoms. The van der Waals surface area contributed by atoms with Crippen LogP contribution in [0.5, 0.6) is 0 Å². The summed E-state index contributed by atoms with van der Waals surface area (Å²) in [4.78, 5) is 11.8. The highest BCUT2D eigenvalue weighted by molar-refractivity contribution is 5.81. The molecule has 0 aromatic carbocycles. The molecular formula is C13H26N2O2. The lowest BCUT2D eigenvalue weighted by molar-refractivity contribution is -0.123. The summed E-state index contributed by atoms with van der Waals surface area (Å²) in [6, 6.07) is -0.394. The zero-order chi connectivity index (χ0) is 12.8. The molecule has 0 aromatic heterocycles. The lowest BCUT2D eigenvalue weighted by Crippen LogP contribution is -2.46. The van der Waals surface area contributed by atoms with Crippen molar-refractivity contribution in [3.8, 4) is 0 Å². The van der Waals surface area contributed by atoms with Crippen molar-refractivity contribution < 1.29 is 9.90 Å². The fourth-order valence-corrected chi connectivity index (χ4v) is 2.22. The van der Waals surface area contributed by atoms with Gasteiger partial charge in [0.25, 0.3) is 0 Å². The largest absolute Gasteiger partial charge is 0.393 e. The molecule has 17 heavy (non-hydrogen) atoms. The Bertz CT molecular complexity index is 238. The van der Waals surface area contributed by atoms with Crippen LogP contribution in [-0.2, 0) is 4.79 Å². The van der Waals surface area contributed by atoms with E-state index < -0.39 is 6.04 Å². The minimum atomic E-state index is -0.394. The molecule has 100 valence electrons. The zero-order valence-corrected chi connectivity index (χ0v) is 11.0. The van der Waals surface area contributed by atoms with Crippen molar-refractivity contribution in [3.05, 3.63) is 0 Å². The normalized spacial score (nSPS) is 28.5. The number of nitrogens with one attached hydrogen (secondary N) is 1. The molecule has 0 aromatic rings. The van der Waals surface area contributed by atoms with E-state index in [1.165, 1.54) is 0 Å². The summed E-state index contributed by atoms with van der Waals surface area (Å²) < 4.78 is 0. The van der Waals surface area contributed by atoms with Crippen molar-refractivity contribution in [1.82, 2.24) is 5.32 Å². The Hall–Kier alpha value is -0.610. The van der Waals surface area contributed by atoms with Crippen LogP contribution >= 0.6 is 0 Å². The smallest absolute Gasteiger partial charge is 0.237 e. The van der Waals surface area contributed by atoms with Crippen molar-refractivity contribution in [1.29, 1.82) is 0 Å². The number of rotatable bonds is 5. The summed E-state index contributed by atoms with van der Waals surface area (Å²) in [5.74, 6) is 0.695. The molecule has 0 saturated heterocycles. The second-order valence-electron chi connectivity index (χ2n) is 5.33. The topological polar surface area (TPSA) is 75.4 Å². The van der Waals surface area contributed by atoms with Crippen molar-refractivity contribution in [2.45, 2.75) is 58.1 Å². The summed E-state index contributed by atoms with van der Waals surface area (Å²) in [5, 5.41) is 12.3. The average molecular weight is 242 g/mol. The highest BCUT2D eigenvalue weighted by Crippen LogP contribution is 2.23. The Morgan fingerprint density at radius 1 is 1.41 bits per heavy atom. The summed E-state index contributed by atoms with van der Waals surface area (Å²) in [5.41, 5.74) is 5.86. The molecule has 1 saturated carbocycles. The van der Waals surface area contributed by atoms with Gasteiger partial charge < -0.3 is 16.2 Å². The van der Waals surface area contributed by atoms with Crippen molar-refractivity contribution in [2.24, 2.45) is 17.6 Å². The van der Waals surface area contributed by atoms with Crippen LogP contribution in [0, 0.1) is 11.8 Å². The maximum atomic E-state index is 11.8. The maximum absolute atomic E-state index is 11.8. The lowest BCUT2D eigenvalue weighted by atomic mass is 9.87. The van der Waals surface area contributed by atoms with E-state index in [-0.39, 0.29) is 17.9 Å². The molecule has 0 radical (unpaired) electrons. The van der Waals surface area contributed by atoms with Gasteiger partial charge in [-0.25, -0.2) is 0 Å². The Kier molecular flexibility index (Phi) is 5.92. The van der Waals surface area contributed by atoms with Gasteiger partial charge in [0, 0.05) is 6.54 Å². The molecular weight excluding hydrogens is 216 g/mol. The molecule has 1 rings (SSSR count). The van der Waals surface area contributed by atoms with Gasteiger partial charge in [0.1, 0.15) is 0 Å². The quantitative estimate of drug-likeness (QED) is 0.674. The number of carbonyl (C=O) groups excluding carboxylic acids is 1. The molecule has 1 aliphatic carbocycles. The first-order valence-electron chi connectivity index (χ1n) is 6.76. The van der Waals surface area contributed by atoms with Crippen LogP contribution in [0.2, 0.25) is 0 Å².